The van der Waals surface area contributed by atoms with Crippen LogP contribution in [0.3, 0.4) is 0 Å². The molecule has 0 radical (unpaired) electrons. The van der Waals surface area contributed by atoms with Crippen LogP contribution in [0.15, 0.2) is 0 Å². The normalized spacial score (nSPS) is 12.1. The predicted molar refractivity (Wildman–Crippen MR) is 74.8 cm³/mol. The van der Waals surface area contributed by atoms with Gasteiger partial charge in [0.15, 0.2) is 15.2 Å². The number of hydrogen-bond acceptors (Lipinski definition) is 6. The Morgan fingerprint density at radius 1 is 1.37 bits per heavy atom. The summed E-state index contributed by atoms with van der Waals surface area (Å²) in [5, 5.41) is 6.12. The van der Waals surface area contributed by atoms with Crippen LogP contribution in [-0.4, -0.2) is 36.1 Å². The molecule has 1 amide bonds. The zero-order valence-electron chi connectivity index (χ0n) is 11.1. The number of carbonyl (C=O) groups is 2. The summed E-state index contributed by atoms with van der Waals surface area (Å²) in [4.78, 5) is 27.3. The number of halogens is 1. The summed E-state index contributed by atoms with van der Waals surface area (Å²) in [6, 6.07) is -0.419. The molecule has 0 fully saturated rings. The quantitative estimate of drug-likeness (QED) is 0.812. The third-order valence-electron chi connectivity index (χ3n) is 2.12. The van der Waals surface area contributed by atoms with E-state index in [0.717, 1.165) is 11.3 Å². The zero-order valence-corrected chi connectivity index (χ0v) is 12.7. The maximum absolute atomic E-state index is 11.7. The monoisotopic (exact) mass is 305 g/mol. The lowest BCUT2D eigenvalue weighted by atomic mass is 10.3. The summed E-state index contributed by atoms with van der Waals surface area (Å²) < 4.78 is 4.58. The lowest BCUT2D eigenvalue weighted by Crippen LogP contribution is -2.40. The van der Waals surface area contributed by atoms with Crippen LogP contribution in [0.5, 0.6) is 0 Å². The number of aromatic nitrogens is 1. The van der Waals surface area contributed by atoms with E-state index in [0.29, 0.717) is 5.13 Å². The number of ether oxygens (including phenoxy) is 1. The van der Waals surface area contributed by atoms with Gasteiger partial charge in [-0.15, -0.1) is 0 Å². The summed E-state index contributed by atoms with van der Waals surface area (Å²) >= 11 is 6.87. The fourth-order valence-corrected chi connectivity index (χ4v) is 2.43. The first-order valence-electron chi connectivity index (χ1n) is 5.66. The Hall–Kier alpha value is -1.34. The van der Waals surface area contributed by atoms with E-state index in [-0.39, 0.29) is 22.0 Å². The van der Waals surface area contributed by atoms with E-state index in [1.807, 2.05) is 13.8 Å². The number of anilines is 1. The second kappa shape index (κ2) is 6.72. The van der Waals surface area contributed by atoms with E-state index in [1.165, 1.54) is 7.11 Å². The van der Waals surface area contributed by atoms with E-state index in [1.54, 1.807) is 6.92 Å². The number of rotatable bonds is 5. The van der Waals surface area contributed by atoms with Gasteiger partial charge >= 0.3 is 5.97 Å². The van der Waals surface area contributed by atoms with Gasteiger partial charge in [0.1, 0.15) is 6.04 Å². The van der Waals surface area contributed by atoms with Gasteiger partial charge in [-0.05, 0) is 20.8 Å². The molecule has 106 valence electrons. The van der Waals surface area contributed by atoms with Gasteiger partial charge in [0, 0.05) is 6.04 Å². The van der Waals surface area contributed by atoms with Crippen LogP contribution in [0.2, 0.25) is 5.15 Å². The van der Waals surface area contributed by atoms with Crippen LogP contribution in [0, 0.1) is 0 Å². The van der Waals surface area contributed by atoms with Crippen molar-refractivity contribution >= 4 is 39.9 Å². The van der Waals surface area contributed by atoms with E-state index >= 15 is 0 Å². The van der Waals surface area contributed by atoms with Gasteiger partial charge in [-0.1, -0.05) is 22.9 Å². The molecule has 19 heavy (non-hydrogen) atoms. The number of nitrogens with one attached hydrogen (secondary N) is 2. The molecule has 0 bridgehead atoms. The minimum absolute atomic E-state index is 0.0577. The minimum atomic E-state index is -0.546. The first kappa shape index (κ1) is 15.7. The number of hydrogen-bond donors (Lipinski definition) is 2. The largest absolute Gasteiger partial charge is 0.465 e. The molecule has 0 saturated heterocycles. The van der Waals surface area contributed by atoms with Crippen molar-refractivity contribution in [2.75, 3.05) is 12.4 Å². The second-order valence-electron chi connectivity index (χ2n) is 4.16. The van der Waals surface area contributed by atoms with E-state index in [2.05, 4.69) is 20.4 Å². The van der Waals surface area contributed by atoms with Gasteiger partial charge in [-0.3, -0.25) is 4.79 Å². The highest BCUT2D eigenvalue weighted by Crippen LogP contribution is 2.27. The van der Waals surface area contributed by atoms with E-state index in [9.17, 15) is 9.59 Å². The van der Waals surface area contributed by atoms with Gasteiger partial charge in [0.05, 0.1) is 7.11 Å². The Kier molecular flexibility index (Phi) is 5.56. The molecule has 2 N–H and O–H groups in total. The van der Waals surface area contributed by atoms with Crippen LogP contribution in [-0.2, 0) is 9.53 Å². The molecule has 0 aliphatic heterocycles. The zero-order chi connectivity index (χ0) is 14.6. The molecule has 1 atom stereocenters. The van der Waals surface area contributed by atoms with Crippen molar-refractivity contribution in [1.29, 1.82) is 0 Å². The molecule has 0 aromatic carbocycles. The van der Waals surface area contributed by atoms with Gasteiger partial charge < -0.3 is 15.4 Å². The Bertz CT molecular complexity index is 476. The van der Waals surface area contributed by atoms with Crippen molar-refractivity contribution in [2.45, 2.75) is 32.9 Å². The molecule has 0 spiro atoms. The third kappa shape index (κ3) is 4.36. The summed E-state index contributed by atoms with van der Waals surface area (Å²) in [7, 11) is 1.27. The molecule has 6 nitrogen and oxygen atoms in total. The molecule has 1 unspecified atom stereocenters. The molecular weight excluding hydrogens is 290 g/mol. The van der Waals surface area contributed by atoms with Gasteiger partial charge in [-0.25, -0.2) is 9.78 Å². The van der Waals surface area contributed by atoms with E-state index < -0.39 is 12.0 Å². The molecule has 1 heterocycles. The molecule has 1 aromatic rings. The van der Waals surface area contributed by atoms with Crippen LogP contribution in [0.25, 0.3) is 0 Å². The third-order valence-corrected chi connectivity index (χ3v) is 3.47. The topological polar surface area (TPSA) is 80.3 Å². The number of carbonyl (C=O) groups excluding carboxylic acids is 2. The van der Waals surface area contributed by atoms with Crippen molar-refractivity contribution in [2.24, 2.45) is 0 Å². The van der Waals surface area contributed by atoms with Crippen molar-refractivity contribution < 1.29 is 14.3 Å². The molecular formula is C11H16ClN3O3S. The minimum Gasteiger partial charge on any atom is -0.465 e. The van der Waals surface area contributed by atoms with Gasteiger partial charge in [0.25, 0.3) is 0 Å². The fraction of sp³-hybridized carbons (Fsp3) is 0.545. The van der Waals surface area contributed by atoms with E-state index in [4.69, 9.17) is 11.6 Å². The number of methoxy groups -OCH3 is 1. The average molecular weight is 306 g/mol. The summed E-state index contributed by atoms with van der Waals surface area (Å²) in [5.41, 5.74) is 0. The van der Waals surface area contributed by atoms with Crippen molar-refractivity contribution in [3.8, 4) is 0 Å². The lowest BCUT2D eigenvalue weighted by Gasteiger charge is -2.15. The highest BCUT2D eigenvalue weighted by Gasteiger charge is 2.20. The molecule has 0 aliphatic rings. The number of thiazole rings is 1. The first-order chi connectivity index (χ1) is 8.85. The van der Waals surface area contributed by atoms with Crippen LogP contribution in [0.4, 0.5) is 5.13 Å². The van der Waals surface area contributed by atoms with Crippen molar-refractivity contribution in [1.82, 2.24) is 10.3 Å². The van der Waals surface area contributed by atoms with Crippen molar-refractivity contribution in [3.05, 3.63) is 10.0 Å². The molecule has 0 saturated carbocycles. The van der Waals surface area contributed by atoms with Crippen LogP contribution >= 0.6 is 22.9 Å². The molecule has 1 rings (SSSR count). The summed E-state index contributed by atoms with van der Waals surface area (Å²) in [5.74, 6) is -0.698. The highest BCUT2D eigenvalue weighted by atomic mass is 35.5. The van der Waals surface area contributed by atoms with Crippen molar-refractivity contribution in [3.63, 3.8) is 0 Å². The lowest BCUT2D eigenvalue weighted by molar-refractivity contribution is -0.122. The summed E-state index contributed by atoms with van der Waals surface area (Å²) in [6.45, 7) is 5.45. The SMILES string of the molecule is COC(=O)c1sc(NC(C)C(=O)NC(C)C)nc1Cl. The smallest absolute Gasteiger partial charge is 0.351 e. The Morgan fingerprint density at radius 2 is 2.00 bits per heavy atom. The number of amides is 1. The van der Waals surface area contributed by atoms with Gasteiger partial charge in [-0.2, -0.15) is 0 Å². The average Bonchev–Trinajstić information content (AvgIpc) is 2.68. The standard InChI is InChI=1S/C11H16ClN3O3S/c1-5(2)13-9(16)6(3)14-11-15-8(12)7(19-11)10(17)18-4/h5-6H,1-4H3,(H,13,16)(H,14,15). The van der Waals surface area contributed by atoms with Crippen LogP contribution in [0.1, 0.15) is 30.4 Å². The van der Waals surface area contributed by atoms with Crippen LogP contribution < -0.4 is 10.6 Å². The summed E-state index contributed by atoms with van der Waals surface area (Å²) in [6.07, 6.45) is 0. The fourth-order valence-electron chi connectivity index (χ4n) is 1.24. The number of nitrogens with zero attached hydrogens (tertiary/aromatic N) is 1. The first-order valence-corrected chi connectivity index (χ1v) is 6.86. The van der Waals surface area contributed by atoms with Gasteiger partial charge in [0.2, 0.25) is 5.91 Å². The Morgan fingerprint density at radius 3 is 2.53 bits per heavy atom. The maximum atomic E-state index is 11.7. The molecule has 1 aromatic heterocycles. The molecule has 8 heteroatoms. The highest BCUT2D eigenvalue weighted by molar-refractivity contribution is 7.18. The number of esters is 1. The predicted octanol–water partition coefficient (Wildman–Crippen LogP) is 1.91. The Balaban J connectivity index is 2.72. The Labute approximate surface area is 120 Å². The molecule has 0 aliphatic carbocycles. The maximum Gasteiger partial charge on any atom is 0.351 e. The second-order valence-corrected chi connectivity index (χ2v) is 5.52.